The minimum atomic E-state index is -0.184. The number of rotatable bonds is 5. The van der Waals surface area contributed by atoms with Gasteiger partial charge in [0, 0.05) is 28.7 Å². The van der Waals surface area contributed by atoms with Crippen molar-refractivity contribution in [1.82, 2.24) is 5.32 Å². The highest BCUT2D eigenvalue weighted by molar-refractivity contribution is 9.10. The fraction of sp³-hybridized carbons (Fsp3) is 0.222. The van der Waals surface area contributed by atoms with Gasteiger partial charge in [-0.15, -0.1) is 0 Å². The van der Waals surface area contributed by atoms with E-state index in [0.29, 0.717) is 12.1 Å². The van der Waals surface area contributed by atoms with E-state index in [2.05, 4.69) is 26.6 Å². The summed E-state index contributed by atoms with van der Waals surface area (Å²) in [5, 5.41) is 5.59. The van der Waals surface area contributed by atoms with Crippen LogP contribution in [0.2, 0.25) is 0 Å². The van der Waals surface area contributed by atoms with Gasteiger partial charge in [-0.05, 0) is 61.4 Å². The maximum absolute atomic E-state index is 11.9. The van der Waals surface area contributed by atoms with Gasteiger partial charge in [0.2, 0.25) is 5.91 Å². The first-order chi connectivity index (χ1) is 10.9. The molecule has 0 heterocycles. The fourth-order valence-corrected chi connectivity index (χ4v) is 2.53. The number of halogens is 1. The molecule has 2 N–H and O–H groups in total. The number of nitrogens with one attached hydrogen (secondary N) is 2. The van der Waals surface area contributed by atoms with Crippen LogP contribution in [0.4, 0.5) is 5.69 Å². The Balaban J connectivity index is 1.80. The molecule has 0 aliphatic carbocycles. The Morgan fingerprint density at radius 3 is 2.22 bits per heavy atom. The molecule has 120 valence electrons. The standard InChI is InChI=1S/C18H19BrN2O2/c1-12-9-13(2)11-16(10-12)21-17(22)7-8-20-18(23)14-3-5-15(19)6-4-14/h3-6,9-11H,7-8H2,1-2H3,(H,20,23)(H,21,22). The van der Waals surface area contributed by atoms with Crippen LogP contribution < -0.4 is 10.6 Å². The van der Waals surface area contributed by atoms with Gasteiger partial charge in [-0.2, -0.15) is 0 Å². The molecule has 0 bridgehead atoms. The zero-order valence-electron chi connectivity index (χ0n) is 13.2. The second-order valence-corrected chi connectivity index (χ2v) is 6.35. The summed E-state index contributed by atoms with van der Waals surface area (Å²) in [7, 11) is 0. The van der Waals surface area contributed by atoms with Crippen molar-refractivity contribution < 1.29 is 9.59 Å². The normalized spacial score (nSPS) is 10.2. The van der Waals surface area contributed by atoms with Gasteiger partial charge in [0.05, 0.1) is 0 Å². The molecule has 0 fully saturated rings. The first kappa shape index (κ1) is 17.2. The lowest BCUT2D eigenvalue weighted by Gasteiger charge is -2.08. The number of carbonyl (C=O) groups is 2. The number of amides is 2. The van der Waals surface area contributed by atoms with Crippen LogP contribution in [-0.4, -0.2) is 18.4 Å². The molecule has 2 rings (SSSR count). The minimum Gasteiger partial charge on any atom is -0.352 e. The van der Waals surface area contributed by atoms with Crippen LogP contribution in [0.5, 0.6) is 0 Å². The topological polar surface area (TPSA) is 58.2 Å². The Morgan fingerprint density at radius 1 is 1.00 bits per heavy atom. The maximum atomic E-state index is 11.9. The van der Waals surface area contributed by atoms with Crippen LogP contribution in [0.3, 0.4) is 0 Å². The van der Waals surface area contributed by atoms with Crippen LogP contribution in [0.1, 0.15) is 27.9 Å². The van der Waals surface area contributed by atoms with Gasteiger partial charge in [-0.1, -0.05) is 22.0 Å². The Kier molecular flexibility index (Phi) is 5.93. The molecule has 0 spiro atoms. The lowest BCUT2D eigenvalue weighted by Crippen LogP contribution is -2.27. The molecule has 2 aromatic rings. The molecule has 0 radical (unpaired) electrons. The number of anilines is 1. The summed E-state index contributed by atoms with van der Waals surface area (Å²) in [5.74, 6) is -0.303. The Bertz CT molecular complexity index is 691. The second kappa shape index (κ2) is 7.92. The predicted molar refractivity (Wildman–Crippen MR) is 95.6 cm³/mol. The molecule has 0 saturated heterocycles. The molecular formula is C18H19BrN2O2. The number of carbonyl (C=O) groups excluding carboxylic acids is 2. The monoisotopic (exact) mass is 374 g/mol. The summed E-state index contributed by atoms with van der Waals surface area (Å²) in [6.07, 6.45) is 0.231. The second-order valence-electron chi connectivity index (χ2n) is 5.44. The highest BCUT2D eigenvalue weighted by Gasteiger charge is 2.07. The van der Waals surface area contributed by atoms with Gasteiger partial charge in [0.1, 0.15) is 0 Å². The van der Waals surface area contributed by atoms with E-state index in [4.69, 9.17) is 0 Å². The molecule has 23 heavy (non-hydrogen) atoms. The average molecular weight is 375 g/mol. The van der Waals surface area contributed by atoms with E-state index >= 15 is 0 Å². The summed E-state index contributed by atoms with van der Waals surface area (Å²) < 4.78 is 0.918. The molecule has 2 aromatic carbocycles. The van der Waals surface area contributed by atoms with Crippen molar-refractivity contribution in [3.05, 3.63) is 63.6 Å². The van der Waals surface area contributed by atoms with Gasteiger partial charge in [0.25, 0.3) is 5.91 Å². The van der Waals surface area contributed by atoms with Gasteiger partial charge in [-0.3, -0.25) is 9.59 Å². The lowest BCUT2D eigenvalue weighted by molar-refractivity contribution is -0.116. The predicted octanol–water partition coefficient (Wildman–Crippen LogP) is 3.82. The van der Waals surface area contributed by atoms with E-state index in [1.165, 1.54) is 0 Å². The maximum Gasteiger partial charge on any atom is 0.251 e. The number of hydrogen-bond donors (Lipinski definition) is 2. The fourth-order valence-electron chi connectivity index (χ4n) is 2.26. The molecule has 0 unspecified atom stereocenters. The SMILES string of the molecule is Cc1cc(C)cc(NC(=O)CCNC(=O)c2ccc(Br)cc2)c1. The minimum absolute atomic E-state index is 0.119. The van der Waals surface area contributed by atoms with Crippen LogP contribution in [0, 0.1) is 13.8 Å². The van der Waals surface area contributed by atoms with Crippen molar-refractivity contribution in [3.63, 3.8) is 0 Å². The van der Waals surface area contributed by atoms with Gasteiger partial charge < -0.3 is 10.6 Å². The van der Waals surface area contributed by atoms with Crippen LogP contribution in [0.15, 0.2) is 46.9 Å². The van der Waals surface area contributed by atoms with Crippen LogP contribution in [-0.2, 0) is 4.79 Å². The van der Waals surface area contributed by atoms with Crippen molar-refractivity contribution in [2.75, 3.05) is 11.9 Å². The molecule has 0 aliphatic rings. The summed E-state index contributed by atoms with van der Waals surface area (Å²) in [4.78, 5) is 23.9. The van der Waals surface area contributed by atoms with E-state index in [-0.39, 0.29) is 18.2 Å². The van der Waals surface area contributed by atoms with Crippen molar-refractivity contribution in [3.8, 4) is 0 Å². The number of benzene rings is 2. The van der Waals surface area contributed by atoms with Gasteiger partial charge in [-0.25, -0.2) is 0 Å². The highest BCUT2D eigenvalue weighted by Crippen LogP contribution is 2.14. The third-order valence-corrected chi connectivity index (χ3v) is 3.78. The summed E-state index contributed by atoms with van der Waals surface area (Å²) in [6.45, 7) is 4.27. The largest absolute Gasteiger partial charge is 0.352 e. The van der Waals surface area contributed by atoms with E-state index in [9.17, 15) is 9.59 Å². The third-order valence-electron chi connectivity index (χ3n) is 3.25. The zero-order valence-corrected chi connectivity index (χ0v) is 14.7. The first-order valence-electron chi connectivity index (χ1n) is 7.36. The van der Waals surface area contributed by atoms with Crippen LogP contribution >= 0.6 is 15.9 Å². The lowest BCUT2D eigenvalue weighted by atomic mass is 10.1. The first-order valence-corrected chi connectivity index (χ1v) is 8.15. The van der Waals surface area contributed by atoms with E-state index in [0.717, 1.165) is 21.3 Å². The number of aryl methyl sites for hydroxylation is 2. The summed E-state index contributed by atoms with van der Waals surface area (Å²) in [6, 6.07) is 13.0. The average Bonchev–Trinajstić information content (AvgIpc) is 2.46. The van der Waals surface area contributed by atoms with E-state index in [1.54, 1.807) is 12.1 Å². The van der Waals surface area contributed by atoms with E-state index in [1.807, 2.05) is 44.2 Å². The zero-order chi connectivity index (χ0) is 16.8. The third kappa shape index (κ3) is 5.53. The molecular weight excluding hydrogens is 356 g/mol. The molecule has 0 aromatic heterocycles. The quantitative estimate of drug-likeness (QED) is 0.835. The number of hydrogen-bond acceptors (Lipinski definition) is 2. The smallest absolute Gasteiger partial charge is 0.251 e. The van der Waals surface area contributed by atoms with Gasteiger partial charge >= 0.3 is 0 Å². The summed E-state index contributed by atoms with van der Waals surface area (Å²) in [5.41, 5.74) is 3.56. The molecule has 0 aliphatic heterocycles. The van der Waals surface area contributed by atoms with Gasteiger partial charge in [0.15, 0.2) is 0 Å². The van der Waals surface area contributed by atoms with Crippen LogP contribution in [0.25, 0.3) is 0 Å². The molecule has 5 heteroatoms. The van der Waals surface area contributed by atoms with Crippen molar-refractivity contribution in [1.29, 1.82) is 0 Å². The summed E-state index contributed by atoms with van der Waals surface area (Å²) >= 11 is 3.32. The Hall–Kier alpha value is -2.14. The Morgan fingerprint density at radius 2 is 1.61 bits per heavy atom. The highest BCUT2D eigenvalue weighted by atomic mass is 79.9. The van der Waals surface area contributed by atoms with Crippen molar-refractivity contribution >= 4 is 33.4 Å². The van der Waals surface area contributed by atoms with E-state index < -0.39 is 0 Å². The van der Waals surface area contributed by atoms with Crippen molar-refractivity contribution in [2.45, 2.75) is 20.3 Å². The molecule has 0 atom stereocenters. The Labute approximate surface area is 144 Å². The molecule has 0 saturated carbocycles. The molecule has 4 nitrogen and oxygen atoms in total. The van der Waals surface area contributed by atoms with Crippen molar-refractivity contribution in [2.24, 2.45) is 0 Å². The molecule has 2 amide bonds.